The highest BCUT2D eigenvalue weighted by molar-refractivity contribution is 5.37. The molecule has 0 aromatic heterocycles. The maximum Gasteiger partial charge on any atom is -0.0159 e. The molecule has 0 aliphatic rings. The van der Waals surface area contributed by atoms with Crippen molar-refractivity contribution in [1.82, 2.24) is 0 Å². The number of nitrogens with zero attached hydrogens (tertiary/aromatic N) is 2. The number of carbonyl (C=O) groups excluding carboxylic acids is 2. The summed E-state index contributed by atoms with van der Waals surface area (Å²) in [5.74, 6) is 0. The molecular formula is C12H24N2O2-2. The molecule has 0 N–H and O–H groups in total. The van der Waals surface area contributed by atoms with Crippen LogP contribution in [0.1, 0.15) is 60.8 Å². The molecule has 0 rings (SSSR count). The highest BCUT2D eigenvalue weighted by Crippen LogP contribution is 2.21. The van der Waals surface area contributed by atoms with Crippen LogP contribution in [-0.2, 0) is 9.59 Å². The average Bonchev–Trinajstić information content (AvgIpc) is 2.05. The van der Waals surface area contributed by atoms with Crippen LogP contribution in [0, 0.1) is 5.41 Å². The molecule has 4 heteroatoms. The maximum absolute atomic E-state index is 8.24. The molecule has 0 amide bonds. The zero-order valence-electron chi connectivity index (χ0n) is 10.0. The Morgan fingerprint density at radius 1 is 1.00 bits per heavy atom. The Hall–Kier alpha value is -1.24. The lowest BCUT2D eigenvalue weighted by molar-refractivity contribution is 0.359. The molecule has 0 saturated carbocycles. The van der Waals surface area contributed by atoms with Gasteiger partial charge in [0.15, 0.2) is 0 Å². The summed E-state index contributed by atoms with van der Waals surface area (Å²) in [6, 6.07) is 0. The molecule has 0 fully saturated rings. The lowest BCUT2D eigenvalue weighted by Gasteiger charge is -2.16. The van der Waals surface area contributed by atoms with Crippen molar-refractivity contribution in [2.24, 2.45) is 5.41 Å². The van der Waals surface area contributed by atoms with Crippen molar-refractivity contribution in [1.29, 1.82) is 0 Å². The molecule has 16 heavy (non-hydrogen) atoms. The van der Waals surface area contributed by atoms with E-state index in [2.05, 4.69) is 27.7 Å². The molecular weight excluding hydrogens is 204 g/mol. The van der Waals surface area contributed by atoms with Gasteiger partial charge < -0.3 is 10.8 Å². The molecule has 0 aliphatic heterocycles. The van der Waals surface area contributed by atoms with Gasteiger partial charge in [-0.05, 0) is 24.0 Å². The minimum atomic E-state index is 0. The Balaban J connectivity index is -0.0000000870. The van der Waals surface area contributed by atoms with Crippen LogP contribution < -0.4 is 0 Å². The van der Waals surface area contributed by atoms with Gasteiger partial charge in [0.2, 0.25) is 0 Å². The first-order chi connectivity index (χ1) is 6.89. The average molecular weight is 228 g/mol. The molecule has 0 aromatic carbocycles. The van der Waals surface area contributed by atoms with E-state index in [1.54, 1.807) is 0 Å². The molecule has 0 spiro atoms. The van der Waals surface area contributed by atoms with Crippen LogP contribution in [0.5, 0.6) is 0 Å². The van der Waals surface area contributed by atoms with E-state index in [0.717, 1.165) is 0 Å². The Morgan fingerprint density at radius 3 is 1.50 bits per heavy atom. The number of hydrogen-bond acceptors (Lipinski definition) is 2. The monoisotopic (exact) mass is 228 g/mol. The fraction of sp³-hybridized carbons (Fsp3) is 0.833. The molecule has 0 radical (unpaired) electrons. The largest absolute Gasteiger partial charge is 0.724 e. The van der Waals surface area contributed by atoms with E-state index in [1.807, 2.05) is 0 Å². The van der Waals surface area contributed by atoms with Crippen molar-refractivity contribution in [3.05, 3.63) is 10.8 Å². The van der Waals surface area contributed by atoms with Gasteiger partial charge in [0.05, 0.1) is 0 Å². The second kappa shape index (κ2) is 19.4. The third-order valence-electron chi connectivity index (χ3n) is 1.53. The highest BCUT2D eigenvalue weighted by Gasteiger charge is 2.07. The van der Waals surface area contributed by atoms with E-state index < -0.39 is 0 Å². The van der Waals surface area contributed by atoms with Crippen LogP contribution in [0.2, 0.25) is 0 Å². The minimum Gasteiger partial charge on any atom is -0.724 e. The van der Waals surface area contributed by atoms with Crippen molar-refractivity contribution >= 4 is 12.2 Å². The summed E-state index contributed by atoms with van der Waals surface area (Å²) in [7, 11) is 0. The number of unbranched alkanes of at least 4 members (excludes halogenated alkanes) is 2. The lowest BCUT2D eigenvalue weighted by atomic mass is 9.90. The number of hydrogen-bond donors (Lipinski definition) is 0. The molecule has 0 atom stereocenters. The van der Waals surface area contributed by atoms with Gasteiger partial charge in [0.1, 0.15) is 0 Å². The third-order valence-corrected chi connectivity index (χ3v) is 1.53. The zero-order chi connectivity index (χ0) is 12.7. The van der Waals surface area contributed by atoms with E-state index in [4.69, 9.17) is 20.4 Å². The minimum absolute atomic E-state index is 0. The second-order valence-corrected chi connectivity index (χ2v) is 4.20. The molecule has 0 bridgehead atoms. The van der Waals surface area contributed by atoms with E-state index in [0.29, 0.717) is 17.6 Å². The Labute approximate surface area is 99.5 Å². The first-order valence-corrected chi connectivity index (χ1v) is 4.92. The van der Waals surface area contributed by atoms with E-state index in [-0.39, 0.29) is 7.43 Å². The Morgan fingerprint density at radius 2 is 1.31 bits per heavy atom. The quantitative estimate of drug-likeness (QED) is 0.415. The van der Waals surface area contributed by atoms with E-state index in [1.165, 1.54) is 25.7 Å². The Kier molecular flexibility index (Phi) is 29.2. The van der Waals surface area contributed by atoms with Crippen molar-refractivity contribution in [3.63, 3.8) is 0 Å². The van der Waals surface area contributed by atoms with Gasteiger partial charge in [-0.25, -0.2) is 0 Å². The highest BCUT2D eigenvalue weighted by atomic mass is 16.1. The lowest BCUT2D eigenvalue weighted by Crippen LogP contribution is -2.03. The standard InChI is InChI=1S/C9H20.2CNO.CH4/c1-5-6-7-8-9(2,3)4;2*2-1-3;/h5-8H2,1-4H3;;;1H4/q;2*-1;. The predicted molar refractivity (Wildman–Crippen MR) is 68.4 cm³/mol. The van der Waals surface area contributed by atoms with Gasteiger partial charge in [-0.3, -0.25) is 9.59 Å². The van der Waals surface area contributed by atoms with Crippen LogP contribution in [0.25, 0.3) is 10.8 Å². The third kappa shape index (κ3) is 77.9. The van der Waals surface area contributed by atoms with Crippen molar-refractivity contribution in [2.75, 3.05) is 0 Å². The summed E-state index contributed by atoms with van der Waals surface area (Å²) in [5, 5.41) is 13.5. The first kappa shape index (κ1) is 24.1. The maximum atomic E-state index is 8.24. The van der Waals surface area contributed by atoms with E-state index in [9.17, 15) is 0 Å². The van der Waals surface area contributed by atoms with Crippen LogP contribution >= 0.6 is 0 Å². The van der Waals surface area contributed by atoms with Crippen LogP contribution in [0.15, 0.2) is 0 Å². The fourth-order valence-corrected chi connectivity index (χ4v) is 0.905. The van der Waals surface area contributed by atoms with E-state index >= 15 is 0 Å². The predicted octanol–water partition coefficient (Wildman–Crippen LogP) is 4.03. The molecule has 0 unspecified atom stereocenters. The summed E-state index contributed by atoms with van der Waals surface area (Å²) in [6.45, 7) is 9.18. The summed E-state index contributed by atoms with van der Waals surface area (Å²) in [4.78, 5) is 16.5. The summed E-state index contributed by atoms with van der Waals surface area (Å²) < 4.78 is 0. The first-order valence-electron chi connectivity index (χ1n) is 4.92. The normalized spacial score (nSPS) is 7.75. The smallest absolute Gasteiger partial charge is 0.0159 e. The molecule has 96 valence electrons. The summed E-state index contributed by atoms with van der Waals surface area (Å²) in [6.07, 6.45) is 6.52. The van der Waals surface area contributed by atoms with Crippen molar-refractivity contribution in [2.45, 2.75) is 60.8 Å². The molecule has 0 aliphatic carbocycles. The van der Waals surface area contributed by atoms with Crippen molar-refractivity contribution < 1.29 is 9.59 Å². The topological polar surface area (TPSA) is 78.7 Å². The SMILES string of the molecule is C.CCCCCC(C)(C)C.[N-]=C=O.[N-]=C=O. The van der Waals surface area contributed by atoms with Crippen LogP contribution in [-0.4, -0.2) is 12.2 Å². The van der Waals surface area contributed by atoms with Gasteiger partial charge >= 0.3 is 0 Å². The Bertz CT molecular complexity index is 172. The van der Waals surface area contributed by atoms with Gasteiger partial charge in [-0.2, -0.15) is 0 Å². The summed E-state index contributed by atoms with van der Waals surface area (Å²) in [5.41, 5.74) is 0.551. The molecule has 0 heterocycles. The number of isocyanates is 2. The van der Waals surface area contributed by atoms with Gasteiger partial charge in [-0.15, -0.1) is 0 Å². The fourth-order valence-electron chi connectivity index (χ4n) is 0.905. The van der Waals surface area contributed by atoms with Crippen LogP contribution in [0.3, 0.4) is 0 Å². The molecule has 0 aromatic rings. The van der Waals surface area contributed by atoms with Gasteiger partial charge in [0.25, 0.3) is 0 Å². The van der Waals surface area contributed by atoms with Crippen LogP contribution in [0.4, 0.5) is 0 Å². The van der Waals surface area contributed by atoms with Crippen molar-refractivity contribution in [3.8, 4) is 0 Å². The molecule has 4 nitrogen and oxygen atoms in total. The van der Waals surface area contributed by atoms with Gasteiger partial charge in [-0.1, -0.05) is 54.4 Å². The molecule has 0 saturated heterocycles. The zero-order valence-corrected chi connectivity index (χ0v) is 10.0. The second-order valence-electron chi connectivity index (χ2n) is 4.20. The van der Waals surface area contributed by atoms with Gasteiger partial charge in [0, 0.05) is 0 Å². The summed E-state index contributed by atoms with van der Waals surface area (Å²) >= 11 is 0. The number of rotatable bonds is 3.